The Morgan fingerprint density at radius 2 is 1.05 bits per heavy atom. The number of anilines is 1. The first-order chi connectivity index (χ1) is 19.3. The van der Waals surface area contributed by atoms with Crippen LogP contribution in [0.4, 0.5) is 67.4 Å². The zero-order valence-electron chi connectivity index (χ0n) is 21.5. The van der Waals surface area contributed by atoms with E-state index in [9.17, 15) is 81.0 Å². The Morgan fingerprint density at radius 1 is 0.727 bits per heavy atom. The van der Waals surface area contributed by atoms with Gasteiger partial charge in [0.15, 0.2) is 5.75 Å². The Labute approximate surface area is 234 Å². The zero-order chi connectivity index (χ0) is 35.9. The average molecular weight is 682 g/mol. The summed E-state index contributed by atoms with van der Waals surface area (Å²) in [6.07, 6.45) is -12.2. The van der Waals surface area contributed by atoms with Gasteiger partial charge < -0.3 is 31.5 Å². The molecule has 1 rings (SSSR count). The third-order valence-corrected chi connectivity index (χ3v) is 4.56. The van der Waals surface area contributed by atoms with E-state index >= 15 is 0 Å². The number of aromatic nitrogens is 2. The lowest BCUT2D eigenvalue weighted by atomic mass is 10.1. The number of hydrogen-bond donors (Lipinski definition) is 6. The molecule has 0 unspecified atom stereocenters. The van der Waals surface area contributed by atoms with E-state index in [4.69, 9.17) is 21.1 Å². The number of nitrogens with two attached hydrogens (primary N) is 1. The number of carbonyl (C=O) groups is 3. The summed E-state index contributed by atoms with van der Waals surface area (Å²) >= 11 is 0. The number of carboxylic acid groups (broad SMARTS) is 3. The molecule has 44 heavy (non-hydrogen) atoms. The van der Waals surface area contributed by atoms with Gasteiger partial charge in [-0.15, -0.1) is 0 Å². The molecule has 0 aliphatic rings. The number of rotatable bonds is 10. The number of aryl methyl sites for hydroxylation is 2. The van der Waals surface area contributed by atoms with Crippen LogP contribution in [0.5, 0.6) is 5.75 Å². The van der Waals surface area contributed by atoms with Gasteiger partial charge in [0, 0.05) is 6.54 Å². The van der Waals surface area contributed by atoms with Gasteiger partial charge in [-0.1, -0.05) is 0 Å². The quantitative estimate of drug-likeness (QED) is 0.153. The highest BCUT2D eigenvalue weighted by atomic mass is 19.4. The molecule has 0 amide bonds. The molecule has 0 bridgehead atoms. The largest absolute Gasteiger partial charge is 0.504 e. The summed E-state index contributed by atoms with van der Waals surface area (Å²) < 4.78 is 161. The molecule has 0 spiro atoms. The first kappa shape index (κ1) is 42.2. The average Bonchev–Trinajstić information content (AvgIpc) is 2.83. The van der Waals surface area contributed by atoms with E-state index in [1.807, 2.05) is 0 Å². The molecule has 0 saturated carbocycles. The van der Waals surface area contributed by atoms with Gasteiger partial charge in [0.2, 0.25) is 5.95 Å². The number of nitrogens with one attached hydrogen (secondary N) is 1. The molecule has 7 N–H and O–H groups in total. The molecule has 0 aliphatic heterocycles. The van der Waals surface area contributed by atoms with Gasteiger partial charge in [-0.3, -0.25) is 4.79 Å². The van der Waals surface area contributed by atoms with Crippen LogP contribution in [0.15, 0.2) is 0 Å². The van der Waals surface area contributed by atoms with E-state index in [0.717, 1.165) is 0 Å². The van der Waals surface area contributed by atoms with Gasteiger partial charge in [-0.05, 0) is 26.7 Å². The highest BCUT2D eigenvalue weighted by Crippen LogP contribution is 2.47. The second-order valence-electron chi connectivity index (χ2n) is 7.98. The van der Waals surface area contributed by atoms with E-state index in [1.54, 1.807) is 13.8 Å². The fraction of sp³-hybridized carbons (Fsp3) is 0.632. The van der Waals surface area contributed by atoms with Crippen LogP contribution in [0.3, 0.4) is 0 Å². The van der Waals surface area contributed by atoms with Crippen LogP contribution in [0.2, 0.25) is 0 Å². The number of hydrogen-bond acceptors (Lipinski definition) is 8. The van der Waals surface area contributed by atoms with Crippen molar-refractivity contribution in [1.29, 1.82) is 0 Å². The minimum atomic E-state index is -6.60. The molecule has 256 valence electrons. The van der Waals surface area contributed by atoms with Crippen molar-refractivity contribution < 1.29 is 96.3 Å². The van der Waals surface area contributed by atoms with E-state index < -0.39 is 60.0 Å². The maximum absolute atomic E-state index is 11.8. The molecule has 1 aromatic heterocycles. The SMILES string of the molecule is Cc1nc(NCCC[C@@H](N)C(=O)O)nc(C)c1O.O=C(O)C(F)(F)C(F)(F)C(F)(F)F.O=C(O)C(F)(F)C(F)(F)C(F)(F)F. The molecule has 0 aliphatic carbocycles. The summed E-state index contributed by atoms with van der Waals surface area (Å²) in [5.41, 5.74) is 6.39. The fourth-order valence-corrected chi connectivity index (χ4v) is 2.06. The lowest BCUT2D eigenvalue weighted by molar-refractivity contribution is -0.347. The molecular weight excluding hydrogens is 662 g/mol. The van der Waals surface area contributed by atoms with Crippen LogP contribution in [0, 0.1) is 13.8 Å². The Morgan fingerprint density at radius 3 is 1.27 bits per heavy atom. The Balaban J connectivity index is 0. The number of aromatic hydroxyl groups is 1. The zero-order valence-corrected chi connectivity index (χ0v) is 21.5. The van der Waals surface area contributed by atoms with Crippen LogP contribution >= 0.6 is 0 Å². The molecule has 25 heteroatoms. The number of carboxylic acids is 3. The number of halogens is 14. The van der Waals surface area contributed by atoms with Crippen molar-refractivity contribution in [2.24, 2.45) is 5.73 Å². The van der Waals surface area contributed by atoms with Gasteiger partial charge in [0.05, 0.1) is 11.4 Å². The molecule has 1 atom stereocenters. The molecular formula is C19H20F14N4O7. The van der Waals surface area contributed by atoms with Crippen LogP contribution in [-0.2, 0) is 14.4 Å². The topological polar surface area (TPSA) is 196 Å². The van der Waals surface area contributed by atoms with Gasteiger partial charge in [0.1, 0.15) is 6.04 Å². The summed E-state index contributed by atoms with van der Waals surface area (Å²) in [7, 11) is 0. The Hall–Kier alpha value is -3.93. The van der Waals surface area contributed by atoms with Crippen molar-refractivity contribution in [3.8, 4) is 5.75 Å². The molecule has 1 aromatic rings. The number of alkyl halides is 14. The highest BCUT2D eigenvalue weighted by Gasteiger charge is 2.77. The lowest BCUT2D eigenvalue weighted by Gasteiger charge is -2.24. The van der Waals surface area contributed by atoms with Crippen molar-refractivity contribution in [1.82, 2.24) is 9.97 Å². The van der Waals surface area contributed by atoms with Crippen LogP contribution in [0.25, 0.3) is 0 Å². The summed E-state index contributed by atoms with van der Waals surface area (Å²) in [6, 6.07) is -0.837. The van der Waals surface area contributed by atoms with Crippen LogP contribution in [-0.4, -0.2) is 96.9 Å². The normalized spacial score (nSPS) is 13.5. The summed E-state index contributed by atoms with van der Waals surface area (Å²) in [6.45, 7) is 3.91. The van der Waals surface area contributed by atoms with Gasteiger partial charge in [-0.25, -0.2) is 19.6 Å². The van der Waals surface area contributed by atoms with Crippen molar-refractivity contribution in [3.05, 3.63) is 11.4 Å². The highest BCUT2D eigenvalue weighted by molar-refractivity contribution is 5.77. The third kappa shape index (κ3) is 10.4. The molecule has 1 heterocycles. The van der Waals surface area contributed by atoms with Crippen LogP contribution in [0.1, 0.15) is 24.2 Å². The summed E-state index contributed by atoms with van der Waals surface area (Å²) in [5.74, 6) is -33.0. The number of aliphatic carboxylic acids is 3. The molecule has 0 saturated heterocycles. The Bertz CT molecular complexity index is 1090. The first-order valence-electron chi connectivity index (χ1n) is 10.7. The summed E-state index contributed by atoms with van der Waals surface area (Å²) in [4.78, 5) is 37.4. The van der Waals surface area contributed by atoms with E-state index in [1.165, 1.54) is 0 Å². The molecule has 0 fully saturated rings. The predicted octanol–water partition coefficient (Wildman–Crippen LogP) is 4.21. The Kier molecular flexibility index (Phi) is 14.1. The van der Waals surface area contributed by atoms with E-state index in [-0.39, 0.29) is 5.75 Å². The summed E-state index contributed by atoms with van der Waals surface area (Å²) in [5, 5.41) is 35.9. The molecule has 11 nitrogen and oxygen atoms in total. The van der Waals surface area contributed by atoms with Crippen molar-refractivity contribution in [3.63, 3.8) is 0 Å². The predicted molar refractivity (Wildman–Crippen MR) is 114 cm³/mol. The smallest absolute Gasteiger partial charge is 0.460 e. The minimum Gasteiger partial charge on any atom is -0.504 e. The molecule has 0 radical (unpaired) electrons. The van der Waals surface area contributed by atoms with Gasteiger partial charge in [-0.2, -0.15) is 61.5 Å². The fourth-order valence-electron chi connectivity index (χ4n) is 2.06. The lowest BCUT2D eigenvalue weighted by Crippen LogP contribution is -2.56. The van der Waals surface area contributed by atoms with Crippen molar-refractivity contribution in [2.45, 2.75) is 68.8 Å². The van der Waals surface area contributed by atoms with Crippen molar-refractivity contribution >= 4 is 23.9 Å². The van der Waals surface area contributed by atoms with Gasteiger partial charge in [0.25, 0.3) is 0 Å². The second-order valence-corrected chi connectivity index (χ2v) is 7.98. The van der Waals surface area contributed by atoms with Crippen molar-refractivity contribution in [2.75, 3.05) is 11.9 Å². The monoisotopic (exact) mass is 682 g/mol. The van der Waals surface area contributed by atoms with E-state index in [2.05, 4.69) is 15.3 Å². The van der Waals surface area contributed by atoms with E-state index in [0.29, 0.717) is 36.7 Å². The molecule has 0 aromatic carbocycles. The first-order valence-corrected chi connectivity index (χ1v) is 10.7. The van der Waals surface area contributed by atoms with Gasteiger partial charge >= 0.3 is 54.0 Å². The van der Waals surface area contributed by atoms with Crippen LogP contribution < -0.4 is 11.1 Å². The maximum atomic E-state index is 11.8. The second kappa shape index (κ2) is 14.7. The minimum absolute atomic E-state index is 0.0912. The standard InChI is InChI=1S/C11H18N4O3.2C4HF7O2/c1-6-9(16)7(2)15-11(14-6)13-5-3-4-8(12)10(17)18;2*5-2(6,1(12)13)3(7,8)4(9,10)11/h8,16H,3-5,12H2,1-2H3,(H,17,18)(H,13,14,15);2*(H,12,13)/t8-;;/m1../s1. The maximum Gasteiger partial charge on any atom is 0.460 e. The third-order valence-electron chi connectivity index (χ3n) is 4.56. The number of nitrogens with zero attached hydrogens (tertiary/aromatic N) is 2.